The van der Waals surface area contributed by atoms with Gasteiger partial charge in [0.15, 0.2) is 10.8 Å². The molecule has 14 heteroatoms. The average Bonchev–Trinajstić information content (AvgIpc) is 3.22. The van der Waals surface area contributed by atoms with Crippen LogP contribution in [0.1, 0.15) is 26.0 Å². The molecule has 3 atom stereocenters. The van der Waals surface area contributed by atoms with E-state index in [9.17, 15) is 24.4 Å². The van der Waals surface area contributed by atoms with E-state index in [0.29, 0.717) is 11.3 Å². The van der Waals surface area contributed by atoms with Gasteiger partial charge >= 0.3 is 11.9 Å². The van der Waals surface area contributed by atoms with Crippen LogP contribution in [0.3, 0.4) is 0 Å². The van der Waals surface area contributed by atoms with Crippen molar-refractivity contribution in [1.82, 2.24) is 15.2 Å². The zero-order chi connectivity index (χ0) is 24.3. The Bertz CT molecular complexity index is 1070. The van der Waals surface area contributed by atoms with Crippen LogP contribution in [0.4, 0.5) is 5.13 Å². The van der Waals surface area contributed by atoms with E-state index in [1.807, 2.05) is 0 Å². The molecule has 12 nitrogen and oxygen atoms in total. The van der Waals surface area contributed by atoms with E-state index >= 15 is 0 Å². The Hall–Kier alpha value is -3.39. The van der Waals surface area contributed by atoms with Gasteiger partial charge < -0.3 is 25.7 Å². The predicted octanol–water partition coefficient (Wildman–Crippen LogP) is 0.586. The van der Waals surface area contributed by atoms with E-state index in [-0.39, 0.29) is 22.9 Å². The molecular weight excluding hydrogens is 474 g/mol. The summed E-state index contributed by atoms with van der Waals surface area (Å²) in [6, 6.07) is -0.986. The number of esters is 2. The number of anilines is 1. The molecule has 2 unspecified atom stereocenters. The van der Waals surface area contributed by atoms with Gasteiger partial charge in [0.2, 0.25) is 6.29 Å². The van der Waals surface area contributed by atoms with Crippen LogP contribution in [-0.4, -0.2) is 68.0 Å². The van der Waals surface area contributed by atoms with E-state index < -0.39 is 47.2 Å². The smallest absolute Gasteiger partial charge is 0.358 e. The van der Waals surface area contributed by atoms with Gasteiger partial charge in [0.25, 0.3) is 11.8 Å². The Labute approximate surface area is 196 Å². The lowest BCUT2D eigenvalue weighted by molar-refractivity contribution is -0.184. The number of carbonyl (C=O) groups excluding carboxylic acids is 4. The van der Waals surface area contributed by atoms with Crippen molar-refractivity contribution < 1.29 is 33.9 Å². The number of hydrogen-bond donors (Lipinski definition) is 3. The number of nitrogens with one attached hydrogen (secondary N) is 1. The molecule has 0 spiro atoms. The Morgan fingerprint density at radius 3 is 2.79 bits per heavy atom. The number of thioether (sulfide) groups is 1. The maximum Gasteiger partial charge on any atom is 0.358 e. The third kappa shape index (κ3) is 4.85. The second kappa shape index (κ2) is 10.0. The Kier molecular flexibility index (Phi) is 7.38. The molecule has 1 aromatic rings. The number of oxime groups is 1. The van der Waals surface area contributed by atoms with Crippen LogP contribution < -0.4 is 11.1 Å². The molecule has 3 rings (SSSR count). The van der Waals surface area contributed by atoms with Gasteiger partial charge in [-0.2, -0.15) is 0 Å². The number of fused-ring (bicyclic) bond motifs is 1. The van der Waals surface area contributed by atoms with Crippen LogP contribution in [0.2, 0.25) is 0 Å². The molecule has 3 heterocycles. The highest BCUT2D eigenvalue weighted by Gasteiger charge is 2.54. The third-order valence-electron chi connectivity index (χ3n) is 4.66. The summed E-state index contributed by atoms with van der Waals surface area (Å²) in [7, 11) is 0. The van der Waals surface area contributed by atoms with Crippen molar-refractivity contribution in [2.45, 2.75) is 38.0 Å². The first-order chi connectivity index (χ1) is 15.7. The number of ether oxygens (including phenoxy) is 2. The molecule has 1 aromatic heterocycles. The fraction of sp³-hybridized carbons (Fsp3) is 0.368. The molecule has 0 radical (unpaired) electrons. The first-order valence-electron chi connectivity index (χ1n) is 9.66. The summed E-state index contributed by atoms with van der Waals surface area (Å²) in [4.78, 5) is 54.7. The number of nitrogens with two attached hydrogens (primary N) is 1. The van der Waals surface area contributed by atoms with Crippen molar-refractivity contribution in [2.24, 2.45) is 5.16 Å². The largest absolute Gasteiger partial charge is 0.425 e. The molecule has 33 heavy (non-hydrogen) atoms. The lowest BCUT2D eigenvalue weighted by Crippen LogP contribution is -2.71. The summed E-state index contributed by atoms with van der Waals surface area (Å²) in [5.41, 5.74) is 5.64. The van der Waals surface area contributed by atoms with Crippen molar-refractivity contribution in [3.05, 3.63) is 35.0 Å². The van der Waals surface area contributed by atoms with E-state index in [1.165, 1.54) is 35.0 Å². The summed E-state index contributed by atoms with van der Waals surface area (Å²) < 4.78 is 10.1. The predicted molar refractivity (Wildman–Crippen MR) is 119 cm³/mol. The van der Waals surface area contributed by atoms with E-state index in [4.69, 9.17) is 15.2 Å². The van der Waals surface area contributed by atoms with Crippen molar-refractivity contribution >= 4 is 57.7 Å². The van der Waals surface area contributed by atoms with Crippen LogP contribution in [0.25, 0.3) is 0 Å². The van der Waals surface area contributed by atoms with Gasteiger partial charge in [-0.3, -0.25) is 19.3 Å². The quantitative estimate of drug-likeness (QED) is 0.116. The minimum Gasteiger partial charge on any atom is -0.425 e. The molecule has 0 aliphatic carbocycles. The zero-order valence-electron chi connectivity index (χ0n) is 17.6. The monoisotopic (exact) mass is 495 g/mol. The van der Waals surface area contributed by atoms with E-state index in [0.717, 1.165) is 11.3 Å². The molecule has 176 valence electrons. The third-order valence-corrected chi connectivity index (χ3v) is 6.64. The zero-order valence-corrected chi connectivity index (χ0v) is 19.3. The molecule has 0 aromatic carbocycles. The lowest BCUT2D eigenvalue weighted by Gasteiger charge is -2.49. The van der Waals surface area contributed by atoms with Crippen LogP contribution in [-0.2, 0) is 28.7 Å². The second-order valence-electron chi connectivity index (χ2n) is 6.77. The number of β-lactam (4-membered cyclic amide) rings is 1. The molecule has 1 fully saturated rings. The lowest BCUT2D eigenvalue weighted by atomic mass is 10.0. The first-order valence-corrected chi connectivity index (χ1v) is 11.6. The topological polar surface area (TPSA) is 174 Å². The van der Waals surface area contributed by atoms with Gasteiger partial charge in [0.1, 0.15) is 22.8 Å². The van der Waals surface area contributed by atoms with Gasteiger partial charge in [-0.1, -0.05) is 24.7 Å². The highest BCUT2D eigenvalue weighted by molar-refractivity contribution is 8.00. The summed E-state index contributed by atoms with van der Waals surface area (Å²) in [6.07, 6.45) is 0.391. The number of thiazole rings is 1. The molecule has 2 aliphatic rings. The molecule has 2 aliphatic heterocycles. The van der Waals surface area contributed by atoms with Crippen LogP contribution in [0, 0.1) is 0 Å². The van der Waals surface area contributed by atoms with Crippen molar-refractivity contribution in [2.75, 3.05) is 11.5 Å². The number of nitrogens with zero attached hydrogens (tertiary/aromatic N) is 3. The maximum atomic E-state index is 12.9. The Morgan fingerprint density at radius 1 is 1.48 bits per heavy atom. The van der Waals surface area contributed by atoms with Gasteiger partial charge in [-0.05, 0) is 5.57 Å². The summed E-state index contributed by atoms with van der Waals surface area (Å²) in [5, 5.41) is 15.7. The van der Waals surface area contributed by atoms with Crippen molar-refractivity contribution in [3.63, 3.8) is 0 Å². The fourth-order valence-corrected chi connectivity index (χ4v) is 4.99. The molecule has 1 saturated heterocycles. The SMILES string of the molecule is C=CC1=C(C(=O)OC(C)OC(=O)CC)N2C(=O)C(NC(=O)/C(=N\O)c3csc(N)n3)[C@H]2SC1. The standard InChI is InChI=1S/C19H21N5O7S2/c1-4-9-6-32-17-13(22-15(26)12(23-29)10-7-33-19(20)21-10)16(27)24(17)14(9)18(28)31-8(3)30-11(25)5-2/h4,7-8,13,17,29H,1,5-6H2,2-3H3,(H2,20,21)(H,22,26)/b23-12-/t8?,13?,17-/m1/s1. The number of hydrogen-bond acceptors (Lipinski definition) is 12. The second-order valence-corrected chi connectivity index (χ2v) is 8.77. The summed E-state index contributed by atoms with van der Waals surface area (Å²) in [6.45, 7) is 6.66. The van der Waals surface area contributed by atoms with Crippen LogP contribution in [0.5, 0.6) is 0 Å². The number of carbonyl (C=O) groups is 4. The van der Waals surface area contributed by atoms with Gasteiger partial charge in [0.05, 0.1) is 0 Å². The van der Waals surface area contributed by atoms with Crippen molar-refractivity contribution in [3.8, 4) is 0 Å². The van der Waals surface area contributed by atoms with Crippen LogP contribution in [0.15, 0.2) is 34.5 Å². The molecular formula is C19H21N5O7S2. The highest BCUT2D eigenvalue weighted by Crippen LogP contribution is 2.41. The molecule has 0 bridgehead atoms. The molecule has 4 N–H and O–H groups in total. The number of aromatic nitrogens is 1. The molecule has 0 saturated carbocycles. The minimum absolute atomic E-state index is 0.0352. The van der Waals surface area contributed by atoms with Gasteiger partial charge in [0, 0.05) is 24.5 Å². The average molecular weight is 496 g/mol. The van der Waals surface area contributed by atoms with Gasteiger partial charge in [-0.25, -0.2) is 9.78 Å². The summed E-state index contributed by atoms with van der Waals surface area (Å²) in [5.74, 6) is -2.48. The Morgan fingerprint density at radius 2 is 2.21 bits per heavy atom. The van der Waals surface area contributed by atoms with E-state index in [1.54, 1.807) is 6.92 Å². The maximum absolute atomic E-state index is 12.9. The highest BCUT2D eigenvalue weighted by atomic mass is 32.2. The number of amides is 2. The van der Waals surface area contributed by atoms with Crippen LogP contribution >= 0.6 is 23.1 Å². The minimum atomic E-state index is -1.16. The summed E-state index contributed by atoms with van der Waals surface area (Å²) >= 11 is 2.36. The Balaban J connectivity index is 1.74. The number of nitrogen functional groups attached to an aromatic ring is 1. The van der Waals surface area contributed by atoms with E-state index in [2.05, 4.69) is 22.0 Å². The normalized spacial score (nSPS) is 21.0. The number of rotatable bonds is 8. The number of allylic oxidation sites excluding steroid dienone is 1. The van der Waals surface area contributed by atoms with Gasteiger partial charge in [-0.15, -0.1) is 23.1 Å². The fourth-order valence-electron chi connectivity index (χ4n) is 3.11. The first kappa shape index (κ1) is 24.3. The molecule has 2 amide bonds. The van der Waals surface area contributed by atoms with Crippen molar-refractivity contribution in [1.29, 1.82) is 0 Å².